The third-order valence-corrected chi connectivity index (χ3v) is 5.31. The Morgan fingerprint density at radius 3 is 2.60 bits per heavy atom. The normalized spacial score (nSPS) is 14.9. The number of aromatic nitrogens is 5. The van der Waals surface area contributed by atoms with E-state index in [1.54, 1.807) is 0 Å². The van der Waals surface area contributed by atoms with Gasteiger partial charge in [-0.1, -0.05) is 36.7 Å². The quantitative estimate of drug-likeness (QED) is 0.595. The fraction of sp³-hybridized carbons (Fsp3) is 0.222. The molecule has 0 radical (unpaired) electrons. The predicted molar refractivity (Wildman–Crippen MR) is 108 cm³/mol. The van der Waals surface area contributed by atoms with Crippen molar-refractivity contribution in [3.63, 3.8) is 0 Å². The van der Waals surface area contributed by atoms with Gasteiger partial charge in [0.1, 0.15) is 0 Å². The fourth-order valence-electron chi connectivity index (χ4n) is 3.34. The van der Waals surface area contributed by atoms with Crippen LogP contribution in [0.5, 0.6) is 11.6 Å². The summed E-state index contributed by atoms with van der Waals surface area (Å²) in [5.74, 6) is -0.159. The Kier molecular flexibility index (Phi) is 4.93. The number of benzene rings is 1. The van der Waals surface area contributed by atoms with E-state index in [-0.39, 0.29) is 38.8 Å². The Balaban J connectivity index is 1.78. The topological polar surface area (TPSA) is 127 Å². The maximum Gasteiger partial charge on any atom is 0.365 e. The van der Waals surface area contributed by atoms with Gasteiger partial charge in [0.2, 0.25) is 5.88 Å². The Morgan fingerprint density at radius 2 is 1.93 bits per heavy atom. The van der Waals surface area contributed by atoms with Gasteiger partial charge < -0.3 is 9.58 Å². The average molecular weight is 447 g/mol. The number of H-pyrrole nitrogens is 2. The zero-order valence-electron chi connectivity index (χ0n) is 15.3. The van der Waals surface area contributed by atoms with Crippen molar-refractivity contribution in [2.24, 2.45) is 0 Å². The molecule has 0 amide bonds. The second-order valence-electron chi connectivity index (χ2n) is 6.64. The minimum absolute atomic E-state index is 0.0366. The monoisotopic (exact) mass is 446 g/mol. The van der Waals surface area contributed by atoms with Crippen LogP contribution in [0, 0.1) is 6.57 Å². The highest BCUT2D eigenvalue weighted by Crippen LogP contribution is 2.41. The molecule has 30 heavy (non-hydrogen) atoms. The molecule has 0 spiro atoms. The van der Waals surface area contributed by atoms with E-state index in [2.05, 4.69) is 20.1 Å². The largest absolute Gasteiger partial charge is 0.434 e. The van der Waals surface area contributed by atoms with Gasteiger partial charge in [0, 0.05) is 11.1 Å². The minimum atomic E-state index is -0.893. The van der Waals surface area contributed by atoms with E-state index in [0.717, 1.165) is 11.1 Å². The number of nitrogens with one attached hydrogen (secondary N) is 2. The van der Waals surface area contributed by atoms with Gasteiger partial charge in [-0.2, -0.15) is 0 Å². The minimum Gasteiger partial charge on any atom is -0.434 e. The molecular formula is C18H12Cl2N6O4. The van der Waals surface area contributed by atoms with Crippen molar-refractivity contribution in [2.45, 2.75) is 25.7 Å². The van der Waals surface area contributed by atoms with Gasteiger partial charge in [0.15, 0.2) is 5.75 Å². The van der Waals surface area contributed by atoms with Crippen LogP contribution in [0.25, 0.3) is 10.5 Å². The third kappa shape index (κ3) is 3.28. The number of hydrogen-bond donors (Lipinski definition) is 2. The highest BCUT2D eigenvalue weighted by Gasteiger charge is 2.27. The summed E-state index contributed by atoms with van der Waals surface area (Å²) in [5.41, 5.74) is -0.564. The molecule has 0 saturated heterocycles. The van der Waals surface area contributed by atoms with Crippen molar-refractivity contribution in [2.75, 3.05) is 0 Å². The summed E-state index contributed by atoms with van der Waals surface area (Å²) in [5, 5.41) is 10.2. The molecule has 0 saturated carbocycles. The van der Waals surface area contributed by atoms with Gasteiger partial charge in [-0.15, -0.1) is 9.78 Å². The first-order valence-electron chi connectivity index (χ1n) is 8.70. The highest BCUT2D eigenvalue weighted by molar-refractivity contribution is 6.37. The first-order valence-corrected chi connectivity index (χ1v) is 9.45. The smallest absolute Gasteiger partial charge is 0.365 e. The predicted octanol–water partition coefficient (Wildman–Crippen LogP) is 2.70. The molecule has 2 N–H and O–H groups in total. The average Bonchev–Trinajstić information content (AvgIpc) is 3.09. The Bertz CT molecular complexity index is 1380. The molecule has 0 aliphatic heterocycles. The maximum absolute atomic E-state index is 12.1. The summed E-state index contributed by atoms with van der Waals surface area (Å²) in [4.78, 5) is 40.6. The van der Waals surface area contributed by atoms with Crippen molar-refractivity contribution in [1.29, 1.82) is 0 Å². The Hall–Kier alpha value is -3.42. The van der Waals surface area contributed by atoms with Gasteiger partial charge >= 0.3 is 11.5 Å². The van der Waals surface area contributed by atoms with E-state index in [4.69, 9.17) is 34.5 Å². The zero-order valence-corrected chi connectivity index (χ0v) is 16.8. The molecule has 3 aromatic rings. The van der Waals surface area contributed by atoms with Gasteiger partial charge in [0.05, 0.1) is 15.7 Å². The second kappa shape index (κ2) is 7.44. The number of nitrogens with zero attached hydrogens (tertiary/aromatic N) is 4. The van der Waals surface area contributed by atoms with Crippen LogP contribution in [-0.4, -0.2) is 25.0 Å². The summed E-state index contributed by atoms with van der Waals surface area (Å²) in [7, 11) is 0. The van der Waals surface area contributed by atoms with Crippen molar-refractivity contribution in [1.82, 2.24) is 25.0 Å². The van der Waals surface area contributed by atoms with Crippen molar-refractivity contribution >= 4 is 29.0 Å². The van der Waals surface area contributed by atoms with Crippen molar-refractivity contribution in [3.8, 4) is 17.3 Å². The molecular weight excluding hydrogens is 435 g/mol. The van der Waals surface area contributed by atoms with E-state index in [9.17, 15) is 14.4 Å². The van der Waals surface area contributed by atoms with Gasteiger partial charge in [0.25, 0.3) is 11.1 Å². The molecule has 1 aliphatic carbocycles. The Labute approximate surface area is 177 Å². The van der Waals surface area contributed by atoms with Crippen LogP contribution in [0.1, 0.15) is 30.4 Å². The molecule has 2 heterocycles. The lowest BCUT2D eigenvalue weighted by molar-refractivity contribution is 0.448. The molecule has 1 atom stereocenters. The number of hydrogen-bond acceptors (Lipinski definition) is 6. The van der Waals surface area contributed by atoms with Crippen LogP contribution in [0.3, 0.4) is 0 Å². The van der Waals surface area contributed by atoms with Crippen LogP contribution in [0.15, 0.2) is 26.5 Å². The second-order valence-corrected chi connectivity index (χ2v) is 7.45. The number of fused-ring (bicyclic) bond motifs is 1. The van der Waals surface area contributed by atoms with Gasteiger partial charge in [-0.3, -0.25) is 14.6 Å². The van der Waals surface area contributed by atoms with E-state index in [1.807, 2.05) is 11.9 Å². The molecule has 2 aromatic heterocycles. The molecule has 1 aromatic carbocycles. The molecule has 10 nitrogen and oxygen atoms in total. The lowest BCUT2D eigenvalue weighted by Gasteiger charge is -2.13. The lowest BCUT2D eigenvalue weighted by Crippen LogP contribution is -2.30. The van der Waals surface area contributed by atoms with E-state index >= 15 is 0 Å². The number of aromatic amines is 2. The Morgan fingerprint density at radius 1 is 1.23 bits per heavy atom. The third-order valence-electron chi connectivity index (χ3n) is 4.75. The standard InChI is InChI=1S/C18H12Cl2N6O4/c1-7-3-4-9-12(7)15(27)23-24-17(9)30-13-10(19)5-8(6-11(13)20)26-18(29)22-16(28)14(21-2)25-26/h5-7H,3-4H2,1H3,(H,23,27)(H,22,28,29)/t7-/m1/s1. The van der Waals surface area contributed by atoms with Gasteiger partial charge in [-0.25, -0.2) is 9.89 Å². The van der Waals surface area contributed by atoms with Crippen LogP contribution in [-0.2, 0) is 6.42 Å². The molecule has 12 heteroatoms. The van der Waals surface area contributed by atoms with Crippen LogP contribution < -0.4 is 21.5 Å². The number of halogens is 2. The first kappa shape index (κ1) is 19.9. The van der Waals surface area contributed by atoms with Crippen LogP contribution >= 0.6 is 23.2 Å². The summed E-state index contributed by atoms with van der Waals surface area (Å²) < 4.78 is 6.61. The number of ether oxygens (including phenoxy) is 1. The summed E-state index contributed by atoms with van der Waals surface area (Å²) in [6, 6.07) is 2.69. The molecule has 152 valence electrons. The summed E-state index contributed by atoms with van der Waals surface area (Å²) in [6.07, 6.45) is 1.43. The van der Waals surface area contributed by atoms with Crippen molar-refractivity contribution < 1.29 is 4.74 Å². The molecule has 4 rings (SSSR count). The van der Waals surface area contributed by atoms with E-state index in [1.165, 1.54) is 12.1 Å². The van der Waals surface area contributed by atoms with E-state index in [0.29, 0.717) is 17.5 Å². The first-order chi connectivity index (χ1) is 14.3. The van der Waals surface area contributed by atoms with Gasteiger partial charge in [-0.05, 0) is 36.0 Å². The summed E-state index contributed by atoms with van der Waals surface area (Å²) in [6.45, 7) is 8.92. The molecule has 1 aliphatic rings. The zero-order chi connectivity index (χ0) is 21.6. The molecule has 0 unspecified atom stereocenters. The molecule has 0 fully saturated rings. The van der Waals surface area contributed by atoms with Crippen LogP contribution in [0.2, 0.25) is 10.0 Å². The maximum atomic E-state index is 12.1. The number of rotatable bonds is 3. The lowest BCUT2D eigenvalue weighted by atomic mass is 10.1. The SMILES string of the molecule is [C-]#[N+]c1nn(-c2cc(Cl)c(Oc3n[nH]c(=O)c4c3CC[C@H]4C)c(Cl)c2)c(=O)[nH]c1=O. The van der Waals surface area contributed by atoms with E-state index < -0.39 is 17.1 Å². The highest BCUT2D eigenvalue weighted by atomic mass is 35.5. The summed E-state index contributed by atoms with van der Waals surface area (Å²) >= 11 is 12.6. The molecule has 0 bridgehead atoms. The fourth-order valence-corrected chi connectivity index (χ4v) is 3.89. The van der Waals surface area contributed by atoms with Crippen molar-refractivity contribution in [3.05, 3.63) is 75.9 Å². The van der Waals surface area contributed by atoms with Crippen LogP contribution in [0.4, 0.5) is 5.82 Å².